The third kappa shape index (κ3) is 4.71. The Morgan fingerprint density at radius 3 is 2.81 bits per heavy atom. The normalized spacial score (nSPS) is 11.8. The fraction of sp³-hybridized carbons (Fsp3) is 0.750. The molecular weight excluding hydrogens is 240 g/mol. The fourth-order valence-electron chi connectivity index (χ4n) is 1.50. The zero-order valence-corrected chi connectivity index (χ0v) is 11.9. The zero-order valence-electron chi connectivity index (χ0n) is 10.3. The van der Waals surface area contributed by atoms with Gasteiger partial charge >= 0.3 is 0 Å². The molecule has 0 amide bonds. The van der Waals surface area contributed by atoms with Gasteiger partial charge in [-0.25, -0.2) is 4.98 Å². The maximum Gasteiger partial charge on any atom is 0.182 e. The first-order valence-corrected chi connectivity index (χ1v) is 7.23. The van der Waals surface area contributed by atoms with Crippen LogP contribution < -0.4 is 5.32 Å². The lowest BCUT2D eigenvalue weighted by Gasteiger charge is -2.24. The Morgan fingerprint density at radius 2 is 2.25 bits per heavy atom. The van der Waals surface area contributed by atoms with Crippen LogP contribution >= 0.6 is 22.9 Å². The summed E-state index contributed by atoms with van der Waals surface area (Å²) in [5.41, 5.74) is 1.46. The van der Waals surface area contributed by atoms with E-state index in [9.17, 15) is 0 Å². The van der Waals surface area contributed by atoms with Gasteiger partial charge in [0.1, 0.15) is 0 Å². The van der Waals surface area contributed by atoms with Gasteiger partial charge in [-0.15, -0.1) is 22.9 Å². The molecule has 0 saturated carbocycles. The minimum absolute atomic E-state index is 0.285. The number of aromatic nitrogens is 1. The number of halogens is 1. The lowest BCUT2D eigenvalue weighted by molar-refractivity contribution is 0.355. The van der Waals surface area contributed by atoms with Gasteiger partial charge in [-0.2, -0.15) is 0 Å². The van der Waals surface area contributed by atoms with Gasteiger partial charge in [-0.05, 0) is 24.7 Å². The van der Waals surface area contributed by atoms with Crippen molar-refractivity contribution in [1.29, 1.82) is 0 Å². The predicted octanol–water partition coefficient (Wildman–Crippen LogP) is 4.16. The Kier molecular flexibility index (Phi) is 5.56. The predicted molar refractivity (Wildman–Crippen MR) is 73.7 cm³/mol. The number of alkyl halides is 1. The van der Waals surface area contributed by atoms with Gasteiger partial charge in [0.2, 0.25) is 0 Å². The molecule has 0 unspecified atom stereocenters. The highest BCUT2D eigenvalue weighted by atomic mass is 35.5. The van der Waals surface area contributed by atoms with Crippen molar-refractivity contribution in [2.75, 3.05) is 17.7 Å². The van der Waals surface area contributed by atoms with E-state index in [0.29, 0.717) is 0 Å². The lowest BCUT2D eigenvalue weighted by atomic mass is 9.88. The van der Waals surface area contributed by atoms with Crippen LogP contribution in [-0.2, 0) is 6.42 Å². The fourth-order valence-corrected chi connectivity index (χ4v) is 2.43. The Balaban J connectivity index is 2.37. The standard InChI is InChI=1S/C12H21ClN2S/c1-4-10-8-16-11(15-10)14-9-12(2,3)6-5-7-13/h8H,4-7,9H2,1-3H3,(H,14,15). The van der Waals surface area contributed by atoms with E-state index in [1.807, 2.05) is 0 Å². The Labute approximate surface area is 107 Å². The number of hydrogen-bond acceptors (Lipinski definition) is 3. The smallest absolute Gasteiger partial charge is 0.182 e. The summed E-state index contributed by atoms with van der Waals surface area (Å²) >= 11 is 7.41. The van der Waals surface area contributed by atoms with E-state index in [4.69, 9.17) is 11.6 Å². The number of nitrogens with one attached hydrogen (secondary N) is 1. The van der Waals surface area contributed by atoms with Crippen LogP contribution in [0.3, 0.4) is 0 Å². The molecule has 1 N–H and O–H groups in total. The topological polar surface area (TPSA) is 24.9 Å². The molecule has 1 heterocycles. The van der Waals surface area contributed by atoms with Crippen molar-refractivity contribution in [1.82, 2.24) is 4.98 Å². The molecule has 0 aliphatic heterocycles. The highest BCUT2D eigenvalue weighted by Crippen LogP contribution is 2.24. The van der Waals surface area contributed by atoms with Gasteiger partial charge in [0.25, 0.3) is 0 Å². The molecule has 92 valence electrons. The Morgan fingerprint density at radius 1 is 1.50 bits per heavy atom. The van der Waals surface area contributed by atoms with Gasteiger partial charge < -0.3 is 5.32 Å². The van der Waals surface area contributed by atoms with Crippen molar-refractivity contribution in [2.24, 2.45) is 5.41 Å². The van der Waals surface area contributed by atoms with Crippen LogP contribution in [0.5, 0.6) is 0 Å². The van der Waals surface area contributed by atoms with Crippen LogP contribution in [0, 0.1) is 5.41 Å². The first kappa shape index (κ1) is 13.8. The number of rotatable bonds is 7. The first-order valence-electron chi connectivity index (χ1n) is 5.81. The average Bonchev–Trinajstić information content (AvgIpc) is 2.72. The SMILES string of the molecule is CCc1csc(NCC(C)(C)CCCCl)n1. The number of hydrogen-bond donors (Lipinski definition) is 1. The van der Waals surface area contributed by atoms with Gasteiger partial charge in [0.05, 0.1) is 5.69 Å². The summed E-state index contributed by atoms with van der Waals surface area (Å²) in [6.45, 7) is 7.62. The quantitative estimate of drug-likeness (QED) is 0.745. The summed E-state index contributed by atoms with van der Waals surface area (Å²) in [5.74, 6) is 0.751. The molecule has 1 aromatic rings. The number of aryl methyl sites for hydroxylation is 1. The maximum atomic E-state index is 5.72. The van der Waals surface area contributed by atoms with E-state index in [1.165, 1.54) is 5.69 Å². The molecule has 0 fully saturated rings. The summed E-state index contributed by atoms with van der Waals surface area (Å²) < 4.78 is 0. The molecule has 2 nitrogen and oxygen atoms in total. The summed E-state index contributed by atoms with van der Waals surface area (Å²) in [6.07, 6.45) is 3.23. The summed E-state index contributed by atoms with van der Waals surface area (Å²) in [6, 6.07) is 0. The van der Waals surface area contributed by atoms with Crippen LogP contribution in [0.2, 0.25) is 0 Å². The van der Waals surface area contributed by atoms with Gasteiger partial charge in [-0.3, -0.25) is 0 Å². The van der Waals surface area contributed by atoms with Gasteiger partial charge in [-0.1, -0.05) is 20.8 Å². The van der Waals surface area contributed by atoms with Crippen molar-refractivity contribution in [3.8, 4) is 0 Å². The van der Waals surface area contributed by atoms with Crippen molar-refractivity contribution in [3.63, 3.8) is 0 Å². The van der Waals surface area contributed by atoms with E-state index in [-0.39, 0.29) is 5.41 Å². The molecular formula is C12H21ClN2S. The average molecular weight is 261 g/mol. The van der Waals surface area contributed by atoms with Crippen LogP contribution in [-0.4, -0.2) is 17.4 Å². The van der Waals surface area contributed by atoms with E-state index < -0.39 is 0 Å². The molecule has 1 rings (SSSR count). The van der Waals surface area contributed by atoms with Crippen molar-refractivity contribution in [2.45, 2.75) is 40.0 Å². The lowest BCUT2D eigenvalue weighted by Crippen LogP contribution is -2.23. The molecule has 0 aliphatic carbocycles. The molecule has 1 aromatic heterocycles. The molecule has 0 aromatic carbocycles. The number of thiazole rings is 1. The third-order valence-corrected chi connectivity index (χ3v) is 3.74. The van der Waals surface area contributed by atoms with Crippen molar-refractivity contribution in [3.05, 3.63) is 11.1 Å². The third-order valence-electron chi connectivity index (χ3n) is 2.62. The van der Waals surface area contributed by atoms with Crippen molar-refractivity contribution < 1.29 is 0 Å². The van der Waals surface area contributed by atoms with Crippen LogP contribution in [0.1, 0.15) is 39.3 Å². The molecule has 0 bridgehead atoms. The van der Waals surface area contributed by atoms with Crippen molar-refractivity contribution >= 4 is 28.1 Å². The van der Waals surface area contributed by atoms with E-state index in [1.54, 1.807) is 11.3 Å². The Bertz CT molecular complexity index is 310. The molecule has 0 saturated heterocycles. The monoisotopic (exact) mass is 260 g/mol. The number of anilines is 1. The van der Waals surface area contributed by atoms with Crippen LogP contribution in [0.4, 0.5) is 5.13 Å². The molecule has 0 aliphatic rings. The van der Waals surface area contributed by atoms with E-state index >= 15 is 0 Å². The summed E-state index contributed by atoms with van der Waals surface area (Å²) in [4.78, 5) is 4.49. The number of nitrogens with zero attached hydrogens (tertiary/aromatic N) is 1. The van der Waals surface area contributed by atoms with E-state index in [0.717, 1.165) is 36.8 Å². The second kappa shape index (κ2) is 6.45. The minimum atomic E-state index is 0.285. The Hall–Kier alpha value is -0.280. The van der Waals surface area contributed by atoms with Crippen LogP contribution in [0.25, 0.3) is 0 Å². The highest BCUT2D eigenvalue weighted by molar-refractivity contribution is 7.13. The van der Waals surface area contributed by atoms with Crippen LogP contribution in [0.15, 0.2) is 5.38 Å². The van der Waals surface area contributed by atoms with Gasteiger partial charge in [0.15, 0.2) is 5.13 Å². The second-order valence-electron chi connectivity index (χ2n) is 4.81. The first-order chi connectivity index (χ1) is 7.57. The molecule has 0 radical (unpaired) electrons. The van der Waals surface area contributed by atoms with E-state index in [2.05, 4.69) is 36.5 Å². The summed E-state index contributed by atoms with van der Waals surface area (Å²) in [5, 5.41) is 6.57. The highest BCUT2D eigenvalue weighted by Gasteiger charge is 2.17. The minimum Gasteiger partial charge on any atom is -0.361 e. The molecule has 4 heteroatoms. The van der Waals surface area contributed by atoms with Gasteiger partial charge in [0, 0.05) is 17.8 Å². The molecule has 0 spiro atoms. The molecule has 0 atom stereocenters. The summed E-state index contributed by atoms with van der Waals surface area (Å²) in [7, 11) is 0. The second-order valence-corrected chi connectivity index (χ2v) is 6.04. The largest absolute Gasteiger partial charge is 0.361 e. The molecule has 16 heavy (non-hydrogen) atoms. The maximum absolute atomic E-state index is 5.72. The zero-order chi connectivity index (χ0) is 12.0.